The van der Waals surface area contributed by atoms with Gasteiger partial charge in [-0.2, -0.15) is 0 Å². The molecule has 3 aromatic rings. The van der Waals surface area contributed by atoms with E-state index in [0.29, 0.717) is 44.2 Å². The lowest BCUT2D eigenvalue weighted by atomic mass is 9.79. The van der Waals surface area contributed by atoms with Crippen LogP contribution >= 0.6 is 34.8 Å². The van der Waals surface area contributed by atoms with Crippen LogP contribution in [-0.4, -0.2) is 35.4 Å². The SMILES string of the molecule is CN1C[C@H](c2ccc(OCc3ccc(Cl)c(Cl)c3)c(Cl)c2)[C@@H]([N+](=O)[O-])[C@]12C(=O)Nc1ccccc12. The Morgan fingerprint density at radius 2 is 1.86 bits per heavy atom. The van der Waals surface area contributed by atoms with Crippen molar-refractivity contribution in [2.24, 2.45) is 0 Å². The van der Waals surface area contributed by atoms with Crippen LogP contribution in [0, 0.1) is 10.1 Å². The zero-order valence-corrected chi connectivity index (χ0v) is 20.8. The van der Waals surface area contributed by atoms with E-state index in [1.807, 2.05) is 0 Å². The number of nitrogens with one attached hydrogen (secondary N) is 1. The van der Waals surface area contributed by atoms with Crippen molar-refractivity contribution in [2.45, 2.75) is 24.1 Å². The largest absolute Gasteiger partial charge is 0.487 e. The molecule has 1 spiro atoms. The van der Waals surface area contributed by atoms with Crippen LogP contribution in [0.5, 0.6) is 5.75 Å². The van der Waals surface area contributed by atoms with E-state index in [4.69, 9.17) is 39.5 Å². The predicted molar refractivity (Wildman–Crippen MR) is 135 cm³/mol. The number of amides is 1. The van der Waals surface area contributed by atoms with Gasteiger partial charge in [-0.05, 0) is 48.5 Å². The molecule has 10 heteroatoms. The summed E-state index contributed by atoms with van der Waals surface area (Å²) in [6, 6.07) is 16.3. The first-order valence-corrected chi connectivity index (χ1v) is 12.0. The monoisotopic (exact) mass is 531 g/mol. The van der Waals surface area contributed by atoms with Crippen LogP contribution in [0.2, 0.25) is 15.1 Å². The van der Waals surface area contributed by atoms with Gasteiger partial charge in [0.1, 0.15) is 12.4 Å². The van der Waals surface area contributed by atoms with Gasteiger partial charge in [0.25, 0.3) is 11.9 Å². The number of ether oxygens (including phenoxy) is 1. The number of para-hydroxylation sites is 1. The Balaban J connectivity index is 1.45. The lowest BCUT2D eigenvalue weighted by Gasteiger charge is -2.30. The standard InChI is InChI=1S/C25H20Cl3N3O4/c1-30-12-16(23(31(33)34)25(30)17-4-2-3-5-21(17)29-24(25)32)15-7-9-22(20(28)11-15)35-13-14-6-8-18(26)19(27)10-14/h2-11,16,23H,12-13H2,1H3,(H,29,32)/t16-,23-,25-/m1/s1. The third kappa shape index (κ3) is 3.83. The highest BCUT2D eigenvalue weighted by atomic mass is 35.5. The average molecular weight is 533 g/mol. The number of nitro groups is 1. The van der Waals surface area contributed by atoms with Gasteiger partial charge in [-0.1, -0.05) is 65.1 Å². The van der Waals surface area contributed by atoms with Gasteiger partial charge in [0.05, 0.1) is 21.0 Å². The average Bonchev–Trinajstić information content (AvgIpc) is 3.30. The molecule has 35 heavy (non-hydrogen) atoms. The first-order valence-electron chi connectivity index (χ1n) is 10.9. The van der Waals surface area contributed by atoms with Gasteiger partial charge >= 0.3 is 0 Å². The Kier molecular flexibility index (Phi) is 6.13. The molecule has 1 N–H and O–H groups in total. The van der Waals surface area contributed by atoms with E-state index in [9.17, 15) is 14.9 Å². The van der Waals surface area contributed by atoms with Crippen molar-refractivity contribution in [2.75, 3.05) is 18.9 Å². The number of rotatable bonds is 5. The molecular weight excluding hydrogens is 513 g/mol. The van der Waals surface area contributed by atoms with Crippen LogP contribution in [-0.2, 0) is 16.9 Å². The van der Waals surface area contributed by atoms with Crippen LogP contribution in [0.3, 0.4) is 0 Å². The number of nitrogens with zero attached hydrogens (tertiary/aromatic N) is 2. The highest BCUT2D eigenvalue weighted by molar-refractivity contribution is 6.42. The Bertz CT molecular complexity index is 1350. The number of fused-ring (bicyclic) bond motifs is 2. The first-order chi connectivity index (χ1) is 16.7. The van der Waals surface area contributed by atoms with Gasteiger partial charge in [0.15, 0.2) is 5.54 Å². The third-order valence-electron chi connectivity index (χ3n) is 6.80. The number of anilines is 1. The smallest absolute Gasteiger partial charge is 0.256 e. The summed E-state index contributed by atoms with van der Waals surface area (Å²) < 4.78 is 5.85. The van der Waals surface area contributed by atoms with Crippen LogP contribution in [0.15, 0.2) is 60.7 Å². The normalized spacial score (nSPS) is 23.4. The van der Waals surface area contributed by atoms with Crippen molar-refractivity contribution in [3.8, 4) is 5.75 Å². The summed E-state index contributed by atoms with van der Waals surface area (Å²) in [5, 5.41) is 16.5. The Hall–Kier alpha value is -2.84. The second-order valence-electron chi connectivity index (χ2n) is 8.71. The molecule has 1 fully saturated rings. The zero-order chi connectivity index (χ0) is 24.9. The van der Waals surface area contributed by atoms with Crippen LogP contribution in [0.25, 0.3) is 0 Å². The van der Waals surface area contributed by atoms with Gasteiger partial charge in [0.2, 0.25) is 0 Å². The Morgan fingerprint density at radius 1 is 1.09 bits per heavy atom. The summed E-state index contributed by atoms with van der Waals surface area (Å²) in [5.74, 6) is -0.518. The molecule has 2 heterocycles. The summed E-state index contributed by atoms with van der Waals surface area (Å²) in [5.41, 5.74) is 1.29. The van der Waals surface area contributed by atoms with Crippen molar-refractivity contribution in [1.82, 2.24) is 4.90 Å². The Labute approximate surface area is 216 Å². The second kappa shape index (κ2) is 8.99. The molecule has 7 nitrogen and oxygen atoms in total. The van der Waals surface area contributed by atoms with Gasteiger partial charge < -0.3 is 10.1 Å². The fourth-order valence-electron chi connectivity index (χ4n) is 5.24. The highest BCUT2D eigenvalue weighted by Gasteiger charge is 2.68. The summed E-state index contributed by atoms with van der Waals surface area (Å²) in [6.07, 6.45) is 0. The molecule has 0 aliphatic carbocycles. The van der Waals surface area contributed by atoms with Gasteiger partial charge in [-0.3, -0.25) is 19.8 Å². The van der Waals surface area contributed by atoms with Crippen molar-refractivity contribution >= 4 is 46.4 Å². The van der Waals surface area contributed by atoms with Crippen molar-refractivity contribution < 1.29 is 14.5 Å². The van der Waals surface area contributed by atoms with Crippen LogP contribution in [0.4, 0.5) is 5.69 Å². The fourth-order valence-corrected chi connectivity index (χ4v) is 5.80. The Morgan fingerprint density at radius 3 is 2.57 bits per heavy atom. The van der Waals surface area contributed by atoms with E-state index in [1.165, 1.54) is 0 Å². The quantitative estimate of drug-likeness (QED) is 0.334. The summed E-state index contributed by atoms with van der Waals surface area (Å²) in [7, 11) is 1.74. The number of hydrogen-bond acceptors (Lipinski definition) is 5. The minimum absolute atomic E-state index is 0.222. The maximum atomic E-state index is 13.2. The van der Waals surface area contributed by atoms with Crippen molar-refractivity contribution in [3.05, 3.63) is 103 Å². The maximum absolute atomic E-state index is 13.2. The molecule has 2 aliphatic rings. The molecule has 3 atom stereocenters. The van der Waals surface area contributed by atoms with E-state index in [1.54, 1.807) is 72.6 Å². The molecule has 0 radical (unpaired) electrons. The molecule has 3 aromatic carbocycles. The molecule has 0 aromatic heterocycles. The second-order valence-corrected chi connectivity index (χ2v) is 9.93. The zero-order valence-electron chi connectivity index (χ0n) is 18.5. The lowest BCUT2D eigenvalue weighted by molar-refractivity contribution is -0.534. The number of likely N-dealkylation sites (N-methyl/N-ethyl adjacent to an activating group) is 1. The molecule has 0 unspecified atom stereocenters. The van der Waals surface area contributed by atoms with Gasteiger partial charge in [-0.25, -0.2) is 0 Å². The number of halogens is 3. The van der Waals surface area contributed by atoms with E-state index in [0.717, 1.165) is 5.56 Å². The molecular formula is C25H20Cl3N3O4. The fraction of sp³-hybridized carbons (Fsp3) is 0.240. The number of carbonyl (C=O) groups excluding carboxylic acids is 1. The third-order valence-corrected chi connectivity index (χ3v) is 7.84. The molecule has 1 saturated heterocycles. The molecule has 180 valence electrons. The van der Waals surface area contributed by atoms with Crippen LogP contribution < -0.4 is 10.1 Å². The molecule has 2 aliphatic heterocycles. The predicted octanol–water partition coefficient (Wildman–Crippen LogP) is 5.75. The minimum Gasteiger partial charge on any atom is -0.487 e. The summed E-state index contributed by atoms with van der Waals surface area (Å²) in [6.45, 7) is 0.535. The van der Waals surface area contributed by atoms with E-state index in [2.05, 4.69) is 5.32 Å². The van der Waals surface area contributed by atoms with E-state index < -0.39 is 23.4 Å². The molecule has 5 rings (SSSR count). The van der Waals surface area contributed by atoms with E-state index >= 15 is 0 Å². The molecule has 0 saturated carbocycles. The van der Waals surface area contributed by atoms with Crippen molar-refractivity contribution in [3.63, 3.8) is 0 Å². The number of carbonyl (C=O) groups is 1. The molecule has 0 bridgehead atoms. The molecule has 1 amide bonds. The first kappa shape index (κ1) is 23.9. The summed E-state index contributed by atoms with van der Waals surface area (Å²) >= 11 is 18.5. The van der Waals surface area contributed by atoms with Crippen molar-refractivity contribution in [1.29, 1.82) is 0 Å². The summed E-state index contributed by atoms with van der Waals surface area (Å²) in [4.78, 5) is 27.1. The van der Waals surface area contributed by atoms with Gasteiger partial charge in [-0.15, -0.1) is 0 Å². The number of benzene rings is 3. The van der Waals surface area contributed by atoms with Gasteiger partial charge in [0, 0.05) is 22.7 Å². The number of likely N-dealkylation sites (tertiary alicyclic amines) is 1. The maximum Gasteiger partial charge on any atom is 0.256 e. The number of hydrogen-bond donors (Lipinski definition) is 1. The minimum atomic E-state index is -1.40. The van der Waals surface area contributed by atoms with E-state index in [-0.39, 0.29) is 11.5 Å². The van der Waals surface area contributed by atoms with Crippen LogP contribution in [0.1, 0.15) is 22.6 Å². The highest BCUT2D eigenvalue weighted by Crippen LogP contribution is 2.52. The topological polar surface area (TPSA) is 84.7 Å². The lowest BCUT2D eigenvalue weighted by Crippen LogP contribution is -2.54.